The monoisotopic (exact) mass is 257 g/mol. The number of urea groups is 1. The Morgan fingerprint density at radius 3 is 3.00 bits per heavy atom. The smallest absolute Gasteiger partial charge is 0.321 e. The summed E-state index contributed by atoms with van der Waals surface area (Å²) in [6.07, 6.45) is 1.65. The number of hydrogen-bond acceptors (Lipinski definition) is 3. The van der Waals surface area contributed by atoms with Crippen molar-refractivity contribution in [3.05, 3.63) is 23.5 Å². The SMILES string of the molecule is CC(O)CCN(C)C(=O)Nc1ccnc(Cl)c1. The largest absolute Gasteiger partial charge is 0.393 e. The van der Waals surface area contributed by atoms with Crippen molar-refractivity contribution in [3.63, 3.8) is 0 Å². The number of pyridine rings is 1. The molecule has 1 unspecified atom stereocenters. The number of carbonyl (C=O) groups is 1. The molecular formula is C11H16ClN3O2. The van der Waals surface area contributed by atoms with Crippen molar-refractivity contribution in [1.29, 1.82) is 0 Å². The Kier molecular flexibility index (Phi) is 5.18. The summed E-state index contributed by atoms with van der Waals surface area (Å²) in [5.41, 5.74) is 0.596. The molecule has 1 aromatic rings. The molecule has 94 valence electrons. The van der Waals surface area contributed by atoms with Crippen molar-refractivity contribution in [1.82, 2.24) is 9.88 Å². The number of nitrogens with zero attached hydrogens (tertiary/aromatic N) is 2. The number of halogens is 1. The third kappa shape index (κ3) is 5.01. The zero-order valence-corrected chi connectivity index (χ0v) is 10.6. The molecule has 1 rings (SSSR count). The number of aliphatic hydroxyl groups is 1. The second-order valence-electron chi connectivity index (χ2n) is 3.86. The maximum absolute atomic E-state index is 11.7. The predicted octanol–water partition coefficient (Wildman–Crippen LogP) is 1.97. The van der Waals surface area contributed by atoms with E-state index in [2.05, 4.69) is 10.3 Å². The minimum Gasteiger partial charge on any atom is -0.393 e. The first-order valence-corrected chi connectivity index (χ1v) is 5.68. The maximum atomic E-state index is 11.7. The molecule has 0 spiro atoms. The Labute approximate surface area is 105 Å². The molecule has 2 amide bonds. The molecule has 0 aromatic carbocycles. The average Bonchev–Trinajstić information content (AvgIpc) is 2.25. The topological polar surface area (TPSA) is 65.5 Å². The molecule has 0 fully saturated rings. The molecule has 2 N–H and O–H groups in total. The van der Waals surface area contributed by atoms with Gasteiger partial charge in [0, 0.05) is 25.5 Å². The summed E-state index contributed by atoms with van der Waals surface area (Å²) >= 11 is 5.70. The molecule has 1 heterocycles. The summed E-state index contributed by atoms with van der Waals surface area (Å²) in [5, 5.41) is 12.1. The molecule has 1 aromatic heterocycles. The third-order valence-electron chi connectivity index (χ3n) is 2.21. The average molecular weight is 258 g/mol. The zero-order chi connectivity index (χ0) is 12.8. The molecule has 17 heavy (non-hydrogen) atoms. The van der Waals surface area contributed by atoms with Gasteiger partial charge in [0.2, 0.25) is 0 Å². The van der Waals surface area contributed by atoms with E-state index in [1.807, 2.05) is 0 Å². The van der Waals surface area contributed by atoms with E-state index in [1.165, 1.54) is 11.1 Å². The van der Waals surface area contributed by atoms with Gasteiger partial charge < -0.3 is 15.3 Å². The van der Waals surface area contributed by atoms with Gasteiger partial charge in [-0.15, -0.1) is 0 Å². The van der Waals surface area contributed by atoms with E-state index in [1.54, 1.807) is 26.1 Å². The van der Waals surface area contributed by atoms with Crippen LogP contribution in [0.3, 0.4) is 0 Å². The van der Waals surface area contributed by atoms with Crippen LogP contribution in [0.25, 0.3) is 0 Å². The number of carbonyl (C=O) groups excluding carboxylic acids is 1. The molecule has 0 aliphatic carbocycles. The van der Waals surface area contributed by atoms with Crippen LogP contribution in [0.4, 0.5) is 10.5 Å². The summed E-state index contributed by atoms with van der Waals surface area (Å²) in [6, 6.07) is 2.99. The first kappa shape index (κ1) is 13.7. The summed E-state index contributed by atoms with van der Waals surface area (Å²) < 4.78 is 0. The minimum absolute atomic E-state index is 0.243. The molecule has 5 nitrogen and oxygen atoms in total. The lowest BCUT2D eigenvalue weighted by atomic mass is 10.3. The Balaban J connectivity index is 2.48. The standard InChI is InChI=1S/C11H16ClN3O2/c1-8(16)4-6-15(2)11(17)14-9-3-5-13-10(12)7-9/h3,5,7-8,16H,4,6H2,1-2H3,(H,13,14,17). The second-order valence-corrected chi connectivity index (χ2v) is 4.24. The Bertz CT molecular complexity index is 385. The van der Waals surface area contributed by atoms with Crippen LogP contribution < -0.4 is 5.32 Å². The molecule has 0 bridgehead atoms. The predicted molar refractivity (Wildman–Crippen MR) is 67.2 cm³/mol. The quantitative estimate of drug-likeness (QED) is 0.811. The van der Waals surface area contributed by atoms with Crippen LogP contribution in [-0.2, 0) is 0 Å². The fraction of sp³-hybridized carbons (Fsp3) is 0.455. The molecule has 0 saturated carbocycles. The number of nitrogens with one attached hydrogen (secondary N) is 1. The van der Waals surface area contributed by atoms with E-state index in [0.717, 1.165) is 0 Å². The van der Waals surface area contributed by atoms with Crippen LogP contribution in [0.15, 0.2) is 18.3 Å². The van der Waals surface area contributed by atoms with Crippen LogP contribution in [0, 0.1) is 0 Å². The fourth-order valence-electron chi connectivity index (χ4n) is 1.18. The summed E-state index contributed by atoms with van der Waals surface area (Å²) in [7, 11) is 1.67. The molecule has 0 radical (unpaired) electrons. The van der Waals surface area contributed by atoms with E-state index >= 15 is 0 Å². The number of anilines is 1. The van der Waals surface area contributed by atoms with Gasteiger partial charge >= 0.3 is 6.03 Å². The van der Waals surface area contributed by atoms with Crippen LogP contribution in [0.5, 0.6) is 0 Å². The number of hydrogen-bond donors (Lipinski definition) is 2. The highest BCUT2D eigenvalue weighted by Gasteiger charge is 2.09. The van der Waals surface area contributed by atoms with Crippen molar-refractivity contribution in [2.24, 2.45) is 0 Å². The van der Waals surface area contributed by atoms with E-state index in [0.29, 0.717) is 23.8 Å². The van der Waals surface area contributed by atoms with Crippen LogP contribution in [0.1, 0.15) is 13.3 Å². The van der Waals surface area contributed by atoms with Crippen molar-refractivity contribution >= 4 is 23.3 Å². The lowest BCUT2D eigenvalue weighted by Crippen LogP contribution is -2.33. The van der Waals surface area contributed by atoms with Crippen molar-refractivity contribution in [2.45, 2.75) is 19.4 Å². The van der Waals surface area contributed by atoms with Crippen LogP contribution in [0.2, 0.25) is 5.15 Å². The van der Waals surface area contributed by atoms with E-state index in [-0.39, 0.29) is 6.03 Å². The number of rotatable bonds is 4. The van der Waals surface area contributed by atoms with Gasteiger partial charge in [-0.3, -0.25) is 0 Å². The second kappa shape index (κ2) is 6.42. The van der Waals surface area contributed by atoms with E-state index in [9.17, 15) is 4.79 Å². The summed E-state index contributed by atoms with van der Waals surface area (Å²) in [6.45, 7) is 2.18. The van der Waals surface area contributed by atoms with Gasteiger partial charge in [-0.05, 0) is 25.5 Å². The number of aromatic nitrogens is 1. The van der Waals surface area contributed by atoms with Gasteiger partial charge in [0.25, 0.3) is 0 Å². The molecule has 6 heteroatoms. The molecule has 0 aliphatic rings. The molecule has 0 aliphatic heterocycles. The van der Waals surface area contributed by atoms with Crippen LogP contribution in [-0.4, -0.2) is 40.7 Å². The molecule has 1 atom stereocenters. The van der Waals surface area contributed by atoms with Gasteiger partial charge in [0.15, 0.2) is 0 Å². The van der Waals surface area contributed by atoms with Gasteiger partial charge in [-0.1, -0.05) is 11.6 Å². The minimum atomic E-state index is -0.416. The van der Waals surface area contributed by atoms with Crippen LogP contribution >= 0.6 is 11.6 Å². The maximum Gasteiger partial charge on any atom is 0.321 e. The Morgan fingerprint density at radius 1 is 1.71 bits per heavy atom. The van der Waals surface area contributed by atoms with Crippen molar-refractivity contribution < 1.29 is 9.90 Å². The fourth-order valence-corrected chi connectivity index (χ4v) is 1.36. The lowest BCUT2D eigenvalue weighted by Gasteiger charge is -2.18. The highest BCUT2D eigenvalue weighted by atomic mass is 35.5. The van der Waals surface area contributed by atoms with Gasteiger partial charge in [0.1, 0.15) is 5.15 Å². The third-order valence-corrected chi connectivity index (χ3v) is 2.41. The van der Waals surface area contributed by atoms with Crippen molar-refractivity contribution in [2.75, 3.05) is 18.9 Å². The molecular weight excluding hydrogens is 242 g/mol. The normalized spacial score (nSPS) is 12.0. The molecule has 0 saturated heterocycles. The first-order valence-electron chi connectivity index (χ1n) is 5.31. The summed E-state index contributed by atoms with van der Waals surface area (Å²) in [4.78, 5) is 17.0. The van der Waals surface area contributed by atoms with Gasteiger partial charge in [-0.2, -0.15) is 0 Å². The zero-order valence-electron chi connectivity index (χ0n) is 9.85. The van der Waals surface area contributed by atoms with Gasteiger partial charge in [0.05, 0.1) is 6.10 Å². The van der Waals surface area contributed by atoms with E-state index < -0.39 is 6.10 Å². The summed E-state index contributed by atoms with van der Waals surface area (Å²) in [5.74, 6) is 0. The highest BCUT2D eigenvalue weighted by molar-refractivity contribution is 6.29. The lowest BCUT2D eigenvalue weighted by molar-refractivity contribution is 0.167. The van der Waals surface area contributed by atoms with Gasteiger partial charge in [-0.25, -0.2) is 9.78 Å². The van der Waals surface area contributed by atoms with E-state index in [4.69, 9.17) is 16.7 Å². The van der Waals surface area contributed by atoms with Crippen molar-refractivity contribution in [3.8, 4) is 0 Å². The Hall–Kier alpha value is -1.33. The highest BCUT2D eigenvalue weighted by Crippen LogP contribution is 2.12. The number of amides is 2. The number of aliphatic hydroxyl groups excluding tert-OH is 1. The Morgan fingerprint density at radius 2 is 2.41 bits per heavy atom. The first-order chi connectivity index (χ1) is 7.99.